The summed E-state index contributed by atoms with van der Waals surface area (Å²) in [5.74, 6) is -0.911. The van der Waals surface area contributed by atoms with Crippen molar-refractivity contribution in [3.63, 3.8) is 0 Å². The lowest BCUT2D eigenvalue weighted by Gasteiger charge is -2.07. The van der Waals surface area contributed by atoms with E-state index in [1.807, 2.05) is 0 Å². The molecule has 0 aromatic heterocycles. The molecule has 94 valence electrons. The van der Waals surface area contributed by atoms with Gasteiger partial charge in [0.05, 0.1) is 6.42 Å². The van der Waals surface area contributed by atoms with Crippen molar-refractivity contribution in [2.45, 2.75) is 32.4 Å². The Hall–Kier alpha value is -1.39. The van der Waals surface area contributed by atoms with E-state index in [4.69, 9.17) is 0 Å². The SMILES string of the molecule is Cc1cc(F)ccc1CC(=O)CCC(F)(F)F. The van der Waals surface area contributed by atoms with E-state index >= 15 is 0 Å². The Balaban J connectivity index is 2.57. The molecule has 1 aromatic rings. The van der Waals surface area contributed by atoms with Crippen LogP contribution < -0.4 is 0 Å². The van der Waals surface area contributed by atoms with Crippen LogP contribution in [0.1, 0.15) is 24.0 Å². The highest BCUT2D eigenvalue weighted by Gasteiger charge is 2.27. The molecule has 0 atom stereocenters. The average molecular weight is 248 g/mol. The van der Waals surface area contributed by atoms with Crippen molar-refractivity contribution in [1.29, 1.82) is 0 Å². The topological polar surface area (TPSA) is 17.1 Å². The molecule has 1 aromatic carbocycles. The third-order valence-electron chi connectivity index (χ3n) is 2.38. The Kier molecular flexibility index (Phi) is 4.26. The predicted octanol–water partition coefficient (Wildman–Crippen LogP) is 3.59. The van der Waals surface area contributed by atoms with E-state index in [-0.39, 0.29) is 6.42 Å². The van der Waals surface area contributed by atoms with Gasteiger partial charge in [0.15, 0.2) is 0 Å². The smallest absolute Gasteiger partial charge is 0.299 e. The molecule has 0 amide bonds. The van der Waals surface area contributed by atoms with Gasteiger partial charge in [0.25, 0.3) is 0 Å². The second-order valence-electron chi connectivity index (χ2n) is 3.90. The largest absolute Gasteiger partial charge is 0.389 e. The van der Waals surface area contributed by atoms with Gasteiger partial charge in [-0.15, -0.1) is 0 Å². The number of carbonyl (C=O) groups excluding carboxylic acids is 1. The number of rotatable bonds is 4. The third-order valence-corrected chi connectivity index (χ3v) is 2.38. The number of hydrogen-bond donors (Lipinski definition) is 0. The van der Waals surface area contributed by atoms with Gasteiger partial charge < -0.3 is 0 Å². The van der Waals surface area contributed by atoms with Crippen LogP contribution in [0.25, 0.3) is 0 Å². The Morgan fingerprint density at radius 3 is 2.47 bits per heavy atom. The van der Waals surface area contributed by atoms with Gasteiger partial charge in [0, 0.05) is 12.8 Å². The van der Waals surface area contributed by atoms with Crippen molar-refractivity contribution >= 4 is 5.78 Å². The van der Waals surface area contributed by atoms with Gasteiger partial charge in [-0.3, -0.25) is 4.79 Å². The molecular formula is C12H12F4O. The number of halogens is 4. The summed E-state index contributed by atoms with van der Waals surface area (Å²) in [4.78, 5) is 11.3. The van der Waals surface area contributed by atoms with Gasteiger partial charge in [-0.1, -0.05) is 6.07 Å². The van der Waals surface area contributed by atoms with Crippen LogP contribution in [0.15, 0.2) is 18.2 Å². The summed E-state index contributed by atoms with van der Waals surface area (Å²) in [5.41, 5.74) is 1.14. The molecule has 17 heavy (non-hydrogen) atoms. The number of Topliss-reactive ketones (excluding diaryl/α,β-unsaturated/α-hetero) is 1. The molecular weight excluding hydrogens is 236 g/mol. The Morgan fingerprint density at radius 2 is 1.94 bits per heavy atom. The van der Waals surface area contributed by atoms with Gasteiger partial charge in [0.2, 0.25) is 0 Å². The van der Waals surface area contributed by atoms with E-state index < -0.39 is 30.6 Å². The second-order valence-corrected chi connectivity index (χ2v) is 3.90. The standard InChI is InChI=1S/C12H12F4O/c1-8-6-10(13)3-2-9(8)7-11(17)4-5-12(14,15)16/h2-3,6H,4-5,7H2,1H3. The Bertz CT molecular complexity index is 409. The molecule has 0 unspecified atom stereocenters. The van der Waals surface area contributed by atoms with Gasteiger partial charge in [-0.2, -0.15) is 13.2 Å². The number of ketones is 1. The lowest BCUT2D eigenvalue weighted by Crippen LogP contribution is -2.12. The minimum absolute atomic E-state index is 0.0812. The van der Waals surface area contributed by atoms with Crippen molar-refractivity contribution < 1.29 is 22.4 Å². The van der Waals surface area contributed by atoms with E-state index in [1.54, 1.807) is 6.92 Å². The highest BCUT2D eigenvalue weighted by molar-refractivity contribution is 5.81. The normalized spacial score (nSPS) is 11.6. The predicted molar refractivity (Wildman–Crippen MR) is 55.1 cm³/mol. The number of carbonyl (C=O) groups is 1. The highest BCUT2D eigenvalue weighted by atomic mass is 19.4. The molecule has 0 radical (unpaired) electrons. The van der Waals surface area contributed by atoms with E-state index in [0.717, 1.165) is 0 Å². The molecule has 0 aliphatic carbocycles. The summed E-state index contributed by atoms with van der Waals surface area (Å²) < 4.78 is 48.4. The first-order chi connectivity index (χ1) is 7.78. The molecule has 1 nitrogen and oxygen atoms in total. The fourth-order valence-corrected chi connectivity index (χ4v) is 1.44. The highest BCUT2D eigenvalue weighted by Crippen LogP contribution is 2.22. The maximum absolute atomic E-state index is 12.8. The number of hydrogen-bond acceptors (Lipinski definition) is 1. The summed E-state index contributed by atoms with van der Waals surface area (Å²) in [6, 6.07) is 3.88. The number of benzene rings is 1. The van der Waals surface area contributed by atoms with E-state index in [2.05, 4.69) is 0 Å². The summed E-state index contributed by atoms with van der Waals surface area (Å²) in [6.45, 7) is 1.62. The molecule has 1 rings (SSSR count). The van der Waals surface area contributed by atoms with Crippen LogP contribution in [-0.4, -0.2) is 12.0 Å². The molecule has 0 aliphatic heterocycles. The van der Waals surface area contributed by atoms with Crippen molar-refractivity contribution in [1.82, 2.24) is 0 Å². The quantitative estimate of drug-likeness (QED) is 0.744. The van der Waals surface area contributed by atoms with E-state index in [9.17, 15) is 22.4 Å². The van der Waals surface area contributed by atoms with Gasteiger partial charge in [-0.25, -0.2) is 4.39 Å². The van der Waals surface area contributed by atoms with Gasteiger partial charge in [-0.05, 0) is 30.2 Å². The van der Waals surface area contributed by atoms with E-state index in [1.165, 1.54) is 18.2 Å². The average Bonchev–Trinajstić information content (AvgIpc) is 2.18. The zero-order valence-electron chi connectivity index (χ0n) is 9.27. The van der Waals surface area contributed by atoms with Crippen LogP contribution in [0.5, 0.6) is 0 Å². The van der Waals surface area contributed by atoms with Crippen molar-refractivity contribution in [3.05, 3.63) is 35.1 Å². The first-order valence-corrected chi connectivity index (χ1v) is 5.11. The zero-order valence-corrected chi connectivity index (χ0v) is 9.27. The minimum atomic E-state index is -4.31. The van der Waals surface area contributed by atoms with Gasteiger partial charge in [0.1, 0.15) is 11.6 Å². The van der Waals surface area contributed by atoms with Crippen molar-refractivity contribution in [3.8, 4) is 0 Å². The molecule has 0 spiro atoms. The minimum Gasteiger partial charge on any atom is -0.299 e. The lowest BCUT2D eigenvalue weighted by atomic mass is 10.0. The fourth-order valence-electron chi connectivity index (χ4n) is 1.44. The summed E-state index contributed by atoms with van der Waals surface area (Å²) in [7, 11) is 0. The van der Waals surface area contributed by atoms with E-state index in [0.29, 0.717) is 11.1 Å². The zero-order chi connectivity index (χ0) is 13.1. The molecule has 0 aliphatic rings. The molecule has 0 saturated heterocycles. The molecule has 0 bridgehead atoms. The van der Waals surface area contributed by atoms with Crippen LogP contribution >= 0.6 is 0 Å². The lowest BCUT2D eigenvalue weighted by molar-refractivity contribution is -0.143. The molecule has 0 N–H and O–H groups in total. The molecule has 0 heterocycles. The molecule has 0 fully saturated rings. The Labute approximate surface area is 96.4 Å². The van der Waals surface area contributed by atoms with Crippen LogP contribution in [-0.2, 0) is 11.2 Å². The van der Waals surface area contributed by atoms with Crippen LogP contribution in [0.4, 0.5) is 17.6 Å². The van der Waals surface area contributed by atoms with Gasteiger partial charge >= 0.3 is 6.18 Å². The van der Waals surface area contributed by atoms with Crippen molar-refractivity contribution in [2.75, 3.05) is 0 Å². The Morgan fingerprint density at radius 1 is 1.29 bits per heavy atom. The summed E-state index contributed by atoms with van der Waals surface area (Å²) in [5, 5.41) is 0. The number of aryl methyl sites for hydroxylation is 1. The maximum Gasteiger partial charge on any atom is 0.389 e. The van der Waals surface area contributed by atoms with Crippen LogP contribution in [0.2, 0.25) is 0 Å². The van der Waals surface area contributed by atoms with Crippen molar-refractivity contribution in [2.24, 2.45) is 0 Å². The summed E-state index contributed by atoms with van der Waals surface area (Å²) >= 11 is 0. The number of alkyl halides is 3. The first kappa shape index (κ1) is 13.7. The molecule has 0 saturated carbocycles. The third kappa shape index (κ3) is 4.97. The monoisotopic (exact) mass is 248 g/mol. The fraction of sp³-hybridized carbons (Fsp3) is 0.417. The van der Waals surface area contributed by atoms with Crippen LogP contribution in [0, 0.1) is 12.7 Å². The summed E-state index contributed by atoms with van der Waals surface area (Å²) in [6.07, 6.45) is -6.03. The molecule has 5 heteroatoms. The first-order valence-electron chi connectivity index (χ1n) is 5.11. The van der Waals surface area contributed by atoms with Crippen LogP contribution in [0.3, 0.4) is 0 Å². The second kappa shape index (κ2) is 5.29. The maximum atomic E-state index is 12.8.